The molecule has 1 saturated heterocycles. The van der Waals surface area contributed by atoms with E-state index in [2.05, 4.69) is 9.97 Å². The first-order chi connectivity index (χ1) is 9.16. The number of aliphatic carboxylic acids is 1. The number of carboxylic acids is 1. The summed E-state index contributed by atoms with van der Waals surface area (Å²) in [6.07, 6.45) is 1.31. The maximum Gasteiger partial charge on any atom is 0.310 e. The summed E-state index contributed by atoms with van der Waals surface area (Å²) in [7, 11) is 0. The molecule has 0 spiro atoms. The lowest BCUT2D eigenvalue weighted by atomic mass is 10.0. The summed E-state index contributed by atoms with van der Waals surface area (Å²) in [6.45, 7) is 0.570. The van der Waals surface area contributed by atoms with Gasteiger partial charge in [-0.1, -0.05) is 6.07 Å². The smallest absolute Gasteiger partial charge is 0.310 e. The molecule has 98 valence electrons. The van der Waals surface area contributed by atoms with Crippen molar-refractivity contribution < 1.29 is 14.3 Å². The Labute approximate surface area is 112 Å². The van der Waals surface area contributed by atoms with Gasteiger partial charge in [0.05, 0.1) is 10.8 Å². The van der Waals surface area contributed by atoms with Gasteiger partial charge in [0.1, 0.15) is 12.0 Å². The maximum absolute atomic E-state index is 14.3. The summed E-state index contributed by atoms with van der Waals surface area (Å²) in [5, 5.41) is 10.7. The van der Waals surface area contributed by atoms with Crippen LogP contribution in [0.5, 0.6) is 0 Å². The largest absolute Gasteiger partial charge is 0.481 e. The van der Waals surface area contributed by atoms with E-state index >= 15 is 0 Å². The zero-order valence-corrected chi connectivity index (χ0v) is 10.6. The molecule has 19 heavy (non-hydrogen) atoms. The van der Waals surface area contributed by atoms with Gasteiger partial charge >= 0.3 is 5.97 Å². The van der Waals surface area contributed by atoms with Crippen LogP contribution < -0.4 is 4.90 Å². The van der Waals surface area contributed by atoms with Crippen molar-refractivity contribution in [2.45, 2.75) is 0 Å². The Kier molecular flexibility index (Phi) is 2.90. The Hall–Kier alpha value is -2.02. The van der Waals surface area contributed by atoms with E-state index in [0.29, 0.717) is 0 Å². The van der Waals surface area contributed by atoms with Gasteiger partial charge in [-0.05, 0) is 11.4 Å². The Bertz CT molecular complexity index is 611. The van der Waals surface area contributed by atoms with Gasteiger partial charge in [0, 0.05) is 13.1 Å². The summed E-state index contributed by atoms with van der Waals surface area (Å²) in [4.78, 5) is 21.0. The number of aromatic nitrogens is 2. The van der Waals surface area contributed by atoms with Crippen molar-refractivity contribution >= 4 is 23.1 Å². The summed E-state index contributed by atoms with van der Waals surface area (Å²) in [5.41, 5.74) is 0.263. The van der Waals surface area contributed by atoms with E-state index in [0.717, 1.165) is 4.88 Å². The van der Waals surface area contributed by atoms with Gasteiger partial charge in [0.15, 0.2) is 11.6 Å². The van der Waals surface area contributed by atoms with E-state index in [1.807, 2.05) is 11.4 Å². The number of carboxylic acid groups (broad SMARTS) is 1. The third-order valence-corrected chi connectivity index (χ3v) is 3.93. The van der Waals surface area contributed by atoms with Crippen molar-refractivity contribution in [1.29, 1.82) is 0 Å². The molecule has 2 aromatic heterocycles. The van der Waals surface area contributed by atoms with E-state index in [-0.39, 0.29) is 24.6 Å². The van der Waals surface area contributed by atoms with Crippen molar-refractivity contribution in [1.82, 2.24) is 9.97 Å². The van der Waals surface area contributed by atoms with Crippen LogP contribution in [0.1, 0.15) is 0 Å². The van der Waals surface area contributed by atoms with Crippen molar-refractivity contribution in [3.63, 3.8) is 0 Å². The highest BCUT2D eigenvalue weighted by Gasteiger charge is 2.35. The molecule has 0 bridgehead atoms. The molecule has 5 nitrogen and oxygen atoms in total. The van der Waals surface area contributed by atoms with Crippen LogP contribution in [0.15, 0.2) is 23.8 Å². The molecule has 7 heteroatoms. The Morgan fingerprint density at radius 2 is 2.26 bits per heavy atom. The van der Waals surface area contributed by atoms with Crippen LogP contribution >= 0.6 is 11.3 Å². The predicted molar refractivity (Wildman–Crippen MR) is 68.6 cm³/mol. The standard InChI is InChI=1S/C12H10FN3O2S/c13-9-10(8-2-1-3-19-8)14-6-15-11(9)16-4-7(5-16)12(17)18/h1-3,6-7H,4-5H2,(H,17,18). The molecule has 2 aromatic rings. The summed E-state index contributed by atoms with van der Waals surface area (Å²) in [6, 6.07) is 3.61. The molecule has 0 unspecified atom stereocenters. The molecule has 0 aliphatic carbocycles. The van der Waals surface area contributed by atoms with Crippen molar-refractivity contribution in [2.24, 2.45) is 5.92 Å². The lowest BCUT2D eigenvalue weighted by Crippen LogP contribution is -2.51. The lowest BCUT2D eigenvalue weighted by molar-refractivity contribution is -0.142. The first-order valence-electron chi connectivity index (χ1n) is 5.69. The molecule has 1 aliphatic rings. The predicted octanol–water partition coefficient (Wildman–Crippen LogP) is 1.86. The molecule has 1 aliphatic heterocycles. The lowest BCUT2D eigenvalue weighted by Gasteiger charge is -2.37. The molecule has 0 atom stereocenters. The van der Waals surface area contributed by atoms with Crippen molar-refractivity contribution in [2.75, 3.05) is 18.0 Å². The molecule has 0 saturated carbocycles. The van der Waals surface area contributed by atoms with E-state index < -0.39 is 17.7 Å². The molecule has 1 N–H and O–H groups in total. The summed E-state index contributed by atoms with van der Waals surface area (Å²) >= 11 is 1.40. The van der Waals surface area contributed by atoms with Crippen LogP contribution in [0.3, 0.4) is 0 Å². The number of halogens is 1. The van der Waals surface area contributed by atoms with Gasteiger partial charge in [-0.3, -0.25) is 4.79 Å². The van der Waals surface area contributed by atoms with Gasteiger partial charge in [0.2, 0.25) is 0 Å². The average Bonchev–Trinajstić information content (AvgIpc) is 2.82. The van der Waals surface area contributed by atoms with Gasteiger partial charge in [0.25, 0.3) is 0 Å². The van der Waals surface area contributed by atoms with Crippen LogP contribution in [0, 0.1) is 11.7 Å². The molecular weight excluding hydrogens is 269 g/mol. The van der Waals surface area contributed by atoms with Crippen LogP contribution in [-0.4, -0.2) is 34.1 Å². The molecule has 0 radical (unpaired) electrons. The Morgan fingerprint density at radius 3 is 2.89 bits per heavy atom. The minimum atomic E-state index is -0.857. The molecule has 3 rings (SSSR count). The molecule has 0 amide bonds. The van der Waals surface area contributed by atoms with E-state index in [9.17, 15) is 9.18 Å². The Balaban J connectivity index is 1.88. The molecule has 3 heterocycles. The third kappa shape index (κ3) is 2.06. The van der Waals surface area contributed by atoms with E-state index in [1.54, 1.807) is 11.0 Å². The number of rotatable bonds is 3. The molecule has 1 fully saturated rings. The third-order valence-electron chi connectivity index (χ3n) is 3.06. The van der Waals surface area contributed by atoms with Crippen LogP contribution in [0.25, 0.3) is 10.6 Å². The normalized spacial score (nSPS) is 15.3. The van der Waals surface area contributed by atoms with Crippen LogP contribution in [-0.2, 0) is 4.79 Å². The number of thiophene rings is 1. The fourth-order valence-electron chi connectivity index (χ4n) is 1.97. The zero-order chi connectivity index (χ0) is 13.4. The number of hydrogen-bond acceptors (Lipinski definition) is 5. The van der Waals surface area contributed by atoms with Crippen molar-refractivity contribution in [3.05, 3.63) is 29.7 Å². The van der Waals surface area contributed by atoms with Crippen LogP contribution in [0.4, 0.5) is 10.2 Å². The monoisotopic (exact) mass is 279 g/mol. The fourth-order valence-corrected chi connectivity index (χ4v) is 2.69. The van der Waals surface area contributed by atoms with E-state index in [1.165, 1.54) is 17.7 Å². The second-order valence-corrected chi connectivity index (χ2v) is 5.23. The van der Waals surface area contributed by atoms with E-state index in [4.69, 9.17) is 5.11 Å². The highest BCUT2D eigenvalue weighted by Crippen LogP contribution is 2.31. The van der Waals surface area contributed by atoms with Gasteiger partial charge in [-0.2, -0.15) is 0 Å². The zero-order valence-electron chi connectivity index (χ0n) is 9.78. The van der Waals surface area contributed by atoms with Crippen molar-refractivity contribution in [3.8, 4) is 10.6 Å². The van der Waals surface area contributed by atoms with Gasteiger partial charge in [-0.15, -0.1) is 11.3 Å². The Morgan fingerprint density at radius 1 is 1.47 bits per heavy atom. The first kappa shape index (κ1) is 12.0. The number of anilines is 1. The van der Waals surface area contributed by atoms with Gasteiger partial charge < -0.3 is 10.0 Å². The quantitative estimate of drug-likeness (QED) is 0.929. The highest BCUT2D eigenvalue weighted by molar-refractivity contribution is 7.13. The number of nitrogens with zero attached hydrogens (tertiary/aromatic N) is 3. The molecular formula is C12H10FN3O2S. The minimum absolute atomic E-state index is 0.177. The van der Waals surface area contributed by atoms with Crippen LogP contribution in [0.2, 0.25) is 0 Å². The minimum Gasteiger partial charge on any atom is -0.481 e. The fraction of sp³-hybridized carbons (Fsp3) is 0.250. The summed E-state index contributed by atoms with van der Waals surface area (Å²) in [5.74, 6) is -1.62. The first-order valence-corrected chi connectivity index (χ1v) is 6.57. The maximum atomic E-state index is 14.3. The number of hydrogen-bond donors (Lipinski definition) is 1. The van der Waals surface area contributed by atoms with Gasteiger partial charge in [-0.25, -0.2) is 14.4 Å². The second kappa shape index (κ2) is 4.58. The second-order valence-electron chi connectivity index (χ2n) is 4.28. The topological polar surface area (TPSA) is 66.3 Å². The SMILES string of the molecule is O=C(O)C1CN(c2ncnc(-c3cccs3)c2F)C1. The summed E-state index contributed by atoms with van der Waals surface area (Å²) < 4.78 is 14.3. The average molecular weight is 279 g/mol. The number of carbonyl (C=O) groups is 1. The highest BCUT2D eigenvalue weighted by atomic mass is 32.1. The molecule has 0 aromatic carbocycles.